The Balaban J connectivity index is 0.000000123. The highest BCUT2D eigenvalue weighted by atomic mass is 19.1. The van der Waals surface area contributed by atoms with Gasteiger partial charge in [0.1, 0.15) is 23.1 Å². The minimum absolute atomic E-state index is 0.0781. The van der Waals surface area contributed by atoms with Gasteiger partial charge in [0.05, 0.1) is 21.3 Å². The van der Waals surface area contributed by atoms with Crippen LogP contribution in [0, 0.1) is 106 Å². The second-order valence-electron chi connectivity index (χ2n) is 36.4. The van der Waals surface area contributed by atoms with Crippen LogP contribution in [0.25, 0.3) is 53.9 Å². The van der Waals surface area contributed by atoms with Crippen molar-refractivity contribution >= 4 is 53.9 Å². The molecule has 6 atom stereocenters. The summed E-state index contributed by atoms with van der Waals surface area (Å²) in [6, 6.07) is 83.2. The van der Waals surface area contributed by atoms with E-state index in [1.54, 1.807) is 57.4 Å². The van der Waals surface area contributed by atoms with Gasteiger partial charge in [-0.05, 0) is 310 Å². The van der Waals surface area contributed by atoms with E-state index in [2.05, 4.69) is 257 Å². The number of halogens is 1. The number of benzene rings is 13. The normalized spacial score (nSPS) is 18.6. The summed E-state index contributed by atoms with van der Waals surface area (Å²) >= 11 is 0. The molecule has 0 aliphatic heterocycles. The third-order valence-corrected chi connectivity index (χ3v) is 25.9. The maximum Gasteiger partial charge on any atom is 0.129 e. The number of hydrogen-bond acceptors (Lipinski definition) is 3. The van der Waals surface area contributed by atoms with E-state index < -0.39 is 0 Å². The summed E-state index contributed by atoms with van der Waals surface area (Å²) in [4.78, 5) is 0. The van der Waals surface area contributed by atoms with Gasteiger partial charge in [-0.25, -0.2) is 4.39 Å². The van der Waals surface area contributed by atoms with Gasteiger partial charge >= 0.3 is 0 Å². The SMILES string of the molecule is COc1cc(C)cc(OC)c1.COc1cc(C)cc2ccccc12.Cc1cc(C)c(F)c(C)c1.Cc1cc(C)cc(C2CC3CCC2C3)c1.Cc1cc(C2CC3CCC2C3)c2ccccc2c1.Cc1cc(C2CCCCC2)c2ccccc2c1.Cc1ccc2cccc(C(C)(C)C)c2c1.Cc1ccc2cccc(C3CCCCC3)c2c1. The van der Waals surface area contributed by atoms with Gasteiger partial charge in [0.25, 0.3) is 0 Å². The average Bonchev–Trinajstić information content (AvgIpc) is 1.35. The maximum atomic E-state index is 12.9. The Hall–Kier alpha value is -9.51. The van der Waals surface area contributed by atoms with Gasteiger partial charge in [-0.1, -0.05) is 317 Å². The van der Waals surface area contributed by atoms with E-state index in [-0.39, 0.29) is 11.2 Å². The summed E-state index contributed by atoms with van der Waals surface area (Å²) in [6.45, 7) is 29.7. The first-order valence-corrected chi connectivity index (χ1v) is 43.9. The van der Waals surface area contributed by atoms with Crippen molar-refractivity contribution in [2.45, 2.75) is 242 Å². The minimum Gasteiger partial charge on any atom is -0.497 e. The fourth-order valence-corrected chi connectivity index (χ4v) is 20.5. The van der Waals surface area contributed by atoms with Crippen LogP contribution in [0.2, 0.25) is 0 Å². The summed E-state index contributed by atoms with van der Waals surface area (Å²) in [5.41, 5.74) is 21.5. The van der Waals surface area contributed by atoms with Gasteiger partial charge in [0.15, 0.2) is 0 Å². The molecule has 19 rings (SSSR count). The zero-order valence-electron chi connectivity index (χ0n) is 73.4. The molecule has 4 heteroatoms. The van der Waals surface area contributed by atoms with Crippen LogP contribution in [0.5, 0.6) is 17.2 Å². The van der Waals surface area contributed by atoms with Crippen molar-refractivity contribution in [3.63, 3.8) is 0 Å². The second-order valence-corrected chi connectivity index (χ2v) is 36.4. The monoisotopic (exact) mass is 1550 g/mol. The molecular weight excluding hydrogens is 1410 g/mol. The number of ether oxygens (including phenoxy) is 3. The van der Waals surface area contributed by atoms with E-state index in [9.17, 15) is 4.39 Å². The zero-order chi connectivity index (χ0) is 82.2. The van der Waals surface area contributed by atoms with Crippen LogP contribution >= 0.6 is 0 Å². The molecule has 13 aromatic carbocycles. The predicted molar refractivity (Wildman–Crippen MR) is 498 cm³/mol. The van der Waals surface area contributed by atoms with E-state index in [1.807, 2.05) is 56.3 Å². The van der Waals surface area contributed by atoms with Gasteiger partial charge in [0, 0.05) is 11.5 Å². The first-order valence-electron chi connectivity index (χ1n) is 43.9. The Morgan fingerprint density at radius 1 is 0.293 bits per heavy atom. The van der Waals surface area contributed by atoms with Crippen molar-refractivity contribution in [3.05, 3.63) is 325 Å². The molecule has 6 saturated carbocycles. The molecule has 6 aliphatic carbocycles. The third kappa shape index (κ3) is 22.4. The molecule has 13 aromatic rings. The van der Waals surface area contributed by atoms with Crippen molar-refractivity contribution in [1.29, 1.82) is 0 Å². The number of fused-ring (bicyclic) bond motifs is 9. The Morgan fingerprint density at radius 2 is 0.716 bits per heavy atom. The Morgan fingerprint density at radius 3 is 1.22 bits per heavy atom. The summed E-state index contributed by atoms with van der Waals surface area (Å²) in [5, 5.41) is 13.8. The van der Waals surface area contributed by atoms with Crippen molar-refractivity contribution in [1.82, 2.24) is 0 Å². The largest absolute Gasteiger partial charge is 0.497 e. The summed E-state index contributed by atoms with van der Waals surface area (Å²) in [6.07, 6.45) is 25.9. The van der Waals surface area contributed by atoms with Crippen LogP contribution in [0.4, 0.5) is 4.39 Å². The first kappa shape index (κ1) is 85.8. The summed E-state index contributed by atoms with van der Waals surface area (Å²) < 4.78 is 28.3. The highest BCUT2D eigenvalue weighted by molar-refractivity contribution is 5.91. The van der Waals surface area contributed by atoms with Crippen LogP contribution in [-0.2, 0) is 5.41 Å². The molecular formula is C112H133FO3. The quantitative estimate of drug-likeness (QED) is 0.159. The van der Waals surface area contributed by atoms with E-state index >= 15 is 0 Å². The molecule has 0 radical (unpaired) electrons. The molecule has 3 nitrogen and oxygen atoms in total. The lowest BCUT2D eigenvalue weighted by molar-refractivity contribution is 0.394. The molecule has 4 bridgehead atoms. The van der Waals surface area contributed by atoms with E-state index in [0.717, 1.165) is 86.8 Å². The molecule has 0 N–H and O–H groups in total. The van der Waals surface area contributed by atoms with Crippen LogP contribution in [0.1, 0.15) is 249 Å². The van der Waals surface area contributed by atoms with Crippen molar-refractivity contribution in [2.75, 3.05) is 21.3 Å². The van der Waals surface area contributed by atoms with Crippen LogP contribution in [-0.4, -0.2) is 21.3 Å². The Kier molecular flexibility index (Phi) is 29.7. The average molecular weight is 1550 g/mol. The smallest absolute Gasteiger partial charge is 0.129 e. The lowest BCUT2D eigenvalue weighted by atomic mass is 9.81. The van der Waals surface area contributed by atoms with E-state index in [4.69, 9.17) is 14.2 Å². The molecule has 6 fully saturated rings. The Labute approximate surface area is 697 Å². The molecule has 116 heavy (non-hydrogen) atoms. The van der Waals surface area contributed by atoms with E-state index in [0.29, 0.717) is 0 Å². The molecule has 0 spiro atoms. The van der Waals surface area contributed by atoms with Crippen molar-refractivity contribution in [2.24, 2.45) is 23.7 Å². The number of methoxy groups -OCH3 is 3. The van der Waals surface area contributed by atoms with E-state index in [1.165, 1.54) is 214 Å². The lowest BCUT2D eigenvalue weighted by Gasteiger charge is -2.24. The molecule has 0 aromatic heterocycles. The highest BCUT2D eigenvalue weighted by Gasteiger charge is 2.41. The van der Waals surface area contributed by atoms with Gasteiger partial charge < -0.3 is 14.2 Å². The van der Waals surface area contributed by atoms with Gasteiger partial charge in [0.2, 0.25) is 0 Å². The molecule has 0 amide bonds. The fourth-order valence-electron chi connectivity index (χ4n) is 20.5. The maximum absolute atomic E-state index is 12.9. The second kappa shape index (κ2) is 40.1. The Bertz CT molecular complexity index is 5360. The highest BCUT2D eigenvalue weighted by Crippen LogP contribution is 2.55. The summed E-state index contributed by atoms with van der Waals surface area (Å²) in [5.74, 6) is 9.94. The molecule has 0 heterocycles. The number of aryl methyl sites for hydroxylation is 11. The van der Waals surface area contributed by atoms with Gasteiger partial charge in [-0.3, -0.25) is 0 Å². The fraction of sp³-hybridized carbons (Fsp3) is 0.393. The van der Waals surface area contributed by atoms with Crippen LogP contribution < -0.4 is 14.2 Å². The van der Waals surface area contributed by atoms with Crippen molar-refractivity contribution in [3.8, 4) is 17.2 Å². The summed E-state index contributed by atoms with van der Waals surface area (Å²) in [7, 11) is 5.00. The minimum atomic E-state index is -0.0781. The standard InChI is InChI=1S/C18H20.2C17H20.C15H20.C15H18.C12H12O.C9H11F.C9H12O2/c1-12-8-14-4-2-3-5-16(14)18(9-12)17-11-13-6-7-15(17)10-13;1-13-11-15-9-5-6-10-16(15)17(12-13)14-7-3-2-4-8-14;1-13-10-11-15-8-5-9-16(17(15)12-13)14-6-3-2-4-7-14;1-10-5-11(2)7-14(6-10)15-9-12-3-4-13(15)8-12;1-11-8-9-12-6-5-7-14(13(12)10-11)15(2,3)4;1-9-7-10-5-3-4-6-11(10)12(8-9)13-2;1-6-4-7(2)9(10)8(3)5-6;1-7-4-8(10-2)6-9(5-7)11-3/h2-5,8-9,13,15,17H,6-7,10-11H2,1H3;5-6,9-12,14H,2-4,7-8H2,1H3;5,8-12,14H,2-4,6-7H2,1H3;5-7,12-13,15H,3-4,8-9H2,1-2H3;5-10H,1-4H3;3-8H,1-2H3;4-5H,1-3H3;4-6H,1-3H3. The van der Waals surface area contributed by atoms with Crippen molar-refractivity contribution < 1.29 is 18.6 Å². The molecule has 6 unspecified atom stereocenters. The molecule has 0 saturated heterocycles. The van der Waals surface area contributed by atoms with Crippen LogP contribution in [0.15, 0.2) is 231 Å². The zero-order valence-corrected chi connectivity index (χ0v) is 73.4. The van der Waals surface area contributed by atoms with Gasteiger partial charge in [-0.15, -0.1) is 0 Å². The third-order valence-electron chi connectivity index (χ3n) is 25.9. The molecule has 606 valence electrons. The lowest BCUT2D eigenvalue weighted by Crippen LogP contribution is -2.11. The number of rotatable bonds is 7. The topological polar surface area (TPSA) is 27.7 Å². The first-order chi connectivity index (χ1) is 55.9. The molecule has 6 aliphatic rings. The van der Waals surface area contributed by atoms with Gasteiger partial charge in [-0.2, -0.15) is 0 Å². The van der Waals surface area contributed by atoms with Crippen LogP contribution in [0.3, 0.4) is 0 Å². The number of hydrogen-bond donors (Lipinski definition) is 0. The predicted octanol–water partition coefficient (Wildman–Crippen LogP) is 32.0.